The van der Waals surface area contributed by atoms with Crippen molar-refractivity contribution in [3.8, 4) is 0 Å². The molecule has 0 bridgehead atoms. The van der Waals surface area contributed by atoms with Gasteiger partial charge in [0.05, 0.1) is 12.0 Å². The Balaban J connectivity index is 0.00000210. The second kappa shape index (κ2) is 13.0. The molecule has 0 fully saturated rings. The van der Waals surface area contributed by atoms with Crippen LogP contribution in [0, 0.1) is 6.92 Å². The van der Waals surface area contributed by atoms with Crippen LogP contribution in [0.25, 0.3) is 0 Å². The van der Waals surface area contributed by atoms with Gasteiger partial charge in [-0.3, -0.25) is 4.79 Å². The third-order valence-electron chi connectivity index (χ3n) is 3.82. The Labute approximate surface area is 161 Å². The van der Waals surface area contributed by atoms with Crippen molar-refractivity contribution in [2.24, 2.45) is 0 Å². The van der Waals surface area contributed by atoms with Crippen LogP contribution in [0.3, 0.4) is 0 Å². The van der Waals surface area contributed by atoms with E-state index in [4.69, 9.17) is 14.3 Å². The largest absolute Gasteiger partial charge is 0.468 e. The minimum absolute atomic E-state index is 0.183. The number of nitrogens with zero attached hydrogens (tertiary/aromatic N) is 1. The van der Waals surface area contributed by atoms with Gasteiger partial charge < -0.3 is 4.74 Å². The van der Waals surface area contributed by atoms with E-state index in [0.717, 1.165) is 18.4 Å². The second-order valence-electron chi connectivity index (χ2n) is 5.78. The van der Waals surface area contributed by atoms with E-state index in [-0.39, 0.29) is 24.0 Å². The van der Waals surface area contributed by atoms with Crippen LogP contribution in [0.15, 0.2) is 41.8 Å². The summed E-state index contributed by atoms with van der Waals surface area (Å²) in [7, 11) is -2.53. The van der Waals surface area contributed by atoms with Crippen LogP contribution in [-0.2, 0) is 29.1 Å². The minimum Gasteiger partial charge on any atom is -0.468 e. The van der Waals surface area contributed by atoms with Gasteiger partial charge in [0.15, 0.2) is 0 Å². The molecular weight excluding hydrogens is 370 g/mol. The van der Waals surface area contributed by atoms with Crippen molar-refractivity contribution in [2.75, 3.05) is 13.7 Å². The quantitative estimate of drug-likeness (QED) is 0.342. The molecule has 0 aliphatic heterocycles. The summed E-state index contributed by atoms with van der Waals surface area (Å²) < 4.78 is 32.2. The molecule has 1 rings (SSSR count). The molecule has 7 nitrogen and oxygen atoms in total. The highest BCUT2D eigenvalue weighted by atomic mass is 32.2. The van der Waals surface area contributed by atoms with E-state index in [1.54, 1.807) is 30.3 Å². The molecule has 150 valence electrons. The molecule has 27 heavy (non-hydrogen) atoms. The number of ether oxygens (including phenoxy) is 1. The van der Waals surface area contributed by atoms with Crippen LogP contribution in [0.2, 0.25) is 0 Å². The fourth-order valence-corrected chi connectivity index (χ4v) is 4.06. The minimum atomic E-state index is -3.79. The number of hydrogen-bond acceptors (Lipinski definition) is 6. The van der Waals surface area contributed by atoms with Crippen molar-refractivity contribution in [1.82, 2.24) is 4.31 Å². The Hall–Kier alpha value is -2.28. The third kappa shape index (κ3) is 7.86. The van der Waals surface area contributed by atoms with Crippen LogP contribution in [0.4, 0.5) is 0 Å². The van der Waals surface area contributed by atoms with E-state index in [1.807, 2.05) is 13.8 Å². The summed E-state index contributed by atoms with van der Waals surface area (Å²) in [5.74, 6) is -0.568. The molecule has 0 radical (unpaired) electrons. The van der Waals surface area contributed by atoms with E-state index in [1.165, 1.54) is 11.4 Å². The summed E-state index contributed by atoms with van der Waals surface area (Å²) in [6.07, 6.45) is 4.54. The number of sulfonamides is 1. The number of benzene rings is 1. The number of esters is 1. The van der Waals surface area contributed by atoms with E-state index in [0.29, 0.717) is 6.42 Å². The van der Waals surface area contributed by atoms with Crippen molar-refractivity contribution in [3.63, 3.8) is 0 Å². The molecule has 8 heteroatoms. The van der Waals surface area contributed by atoms with Crippen molar-refractivity contribution in [3.05, 3.63) is 42.5 Å². The predicted molar refractivity (Wildman–Crippen MR) is 100 cm³/mol. The maximum atomic E-state index is 13.1. The molecule has 0 saturated heterocycles. The van der Waals surface area contributed by atoms with E-state index >= 15 is 0 Å². The first-order valence-electron chi connectivity index (χ1n) is 8.56. The van der Waals surface area contributed by atoms with Crippen molar-refractivity contribution < 1.29 is 27.5 Å². The summed E-state index contributed by atoms with van der Waals surface area (Å²) in [4.78, 5) is 28.6. The first-order chi connectivity index (χ1) is 12.8. The number of rotatable bonds is 10. The van der Waals surface area contributed by atoms with Crippen LogP contribution in [0.1, 0.15) is 38.2 Å². The van der Waals surface area contributed by atoms with Gasteiger partial charge >= 0.3 is 12.1 Å². The molecule has 0 amide bonds. The maximum Gasteiger partial charge on any atom is 0.373 e. The molecule has 0 aromatic heterocycles. The number of aryl methyl sites for hydroxylation is 1. The molecule has 0 unspecified atom stereocenters. The van der Waals surface area contributed by atoms with E-state index in [9.17, 15) is 13.2 Å². The fourth-order valence-electron chi connectivity index (χ4n) is 2.43. The Bertz CT molecular complexity index is 721. The SMILES string of the molecule is C=CC[C@@H](C(=O)OC)N(CCCCC)S(=O)(=O)c1ccc(C)cc1.O=C=O. The Morgan fingerprint density at radius 1 is 1.26 bits per heavy atom. The van der Waals surface area contributed by atoms with Crippen LogP contribution in [0.5, 0.6) is 0 Å². The highest BCUT2D eigenvalue weighted by molar-refractivity contribution is 7.89. The van der Waals surface area contributed by atoms with Gasteiger partial charge in [0.25, 0.3) is 0 Å². The standard InChI is InChI=1S/C18H27NO4S.CO2/c1-5-7-8-14-19(17(9-6-2)18(20)23-4)24(21,22)16-12-10-15(3)11-13-16;2-1-3/h6,10-13,17H,2,5,7-9,14H2,1,3-4H3;/t17-;/m0./s1. The number of unbranched alkanes of at least 4 members (excludes halogenated alkanes) is 2. The molecule has 0 aliphatic carbocycles. The molecule has 1 atom stereocenters. The molecule has 0 heterocycles. The zero-order valence-corrected chi connectivity index (χ0v) is 16.8. The molecular formula is C19H27NO6S. The van der Waals surface area contributed by atoms with Gasteiger partial charge in [-0.1, -0.05) is 43.5 Å². The molecule has 1 aromatic carbocycles. The average molecular weight is 397 g/mol. The Kier molecular flexibility index (Phi) is 11.9. The smallest absolute Gasteiger partial charge is 0.373 e. The zero-order chi connectivity index (χ0) is 20.9. The molecule has 0 saturated carbocycles. The first kappa shape index (κ1) is 24.7. The van der Waals surface area contributed by atoms with Gasteiger partial charge in [-0.15, -0.1) is 6.58 Å². The number of hydrogen-bond donors (Lipinski definition) is 0. The van der Waals surface area contributed by atoms with Crippen molar-refractivity contribution >= 4 is 22.1 Å². The highest BCUT2D eigenvalue weighted by Crippen LogP contribution is 2.22. The van der Waals surface area contributed by atoms with E-state index in [2.05, 4.69) is 6.58 Å². The first-order valence-corrected chi connectivity index (χ1v) is 10.0. The van der Waals surface area contributed by atoms with Gasteiger partial charge in [0, 0.05) is 6.54 Å². The van der Waals surface area contributed by atoms with Gasteiger partial charge in [0.2, 0.25) is 10.0 Å². The lowest BCUT2D eigenvalue weighted by Crippen LogP contribution is -2.45. The van der Waals surface area contributed by atoms with Crippen LogP contribution in [-0.4, -0.2) is 44.5 Å². The van der Waals surface area contributed by atoms with E-state index < -0.39 is 22.0 Å². The summed E-state index contributed by atoms with van der Waals surface area (Å²) in [6, 6.07) is 5.74. The van der Waals surface area contributed by atoms with Crippen LogP contribution < -0.4 is 0 Å². The molecule has 0 spiro atoms. The third-order valence-corrected chi connectivity index (χ3v) is 5.74. The van der Waals surface area contributed by atoms with Gasteiger partial charge in [-0.05, 0) is 31.9 Å². The van der Waals surface area contributed by atoms with Gasteiger partial charge in [-0.25, -0.2) is 8.42 Å². The molecule has 0 N–H and O–H groups in total. The summed E-state index contributed by atoms with van der Waals surface area (Å²) >= 11 is 0. The number of carbonyl (C=O) groups excluding carboxylic acids is 3. The highest BCUT2D eigenvalue weighted by Gasteiger charge is 2.35. The predicted octanol–water partition coefficient (Wildman–Crippen LogP) is 2.71. The Morgan fingerprint density at radius 2 is 1.81 bits per heavy atom. The molecule has 1 aromatic rings. The second-order valence-corrected chi connectivity index (χ2v) is 7.67. The maximum absolute atomic E-state index is 13.1. The fraction of sp³-hybridized carbons (Fsp3) is 0.474. The van der Waals surface area contributed by atoms with Gasteiger partial charge in [-0.2, -0.15) is 13.9 Å². The van der Waals surface area contributed by atoms with Crippen molar-refractivity contribution in [2.45, 2.75) is 50.5 Å². The Morgan fingerprint density at radius 3 is 2.26 bits per heavy atom. The normalized spacial score (nSPS) is 11.7. The topological polar surface area (TPSA) is 97.8 Å². The van der Waals surface area contributed by atoms with Crippen molar-refractivity contribution in [1.29, 1.82) is 0 Å². The lowest BCUT2D eigenvalue weighted by Gasteiger charge is -2.28. The monoisotopic (exact) mass is 397 g/mol. The van der Waals surface area contributed by atoms with Crippen LogP contribution >= 0.6 is 0 Å². The summed E-state index contributed by atoms with van der Waals surface area (Å²) in [5.41, 5.74) is 0.974. The average Bonchev–Trinajstić information content (AvgIpc) is 2.64. The van der Waals surface area contributed by atoms with Gasteiger partial charge in [0.1, 0.15) is 6.04 Å². The number of carbonyl (C=O) groups is 1. The summed E-state index contributed by atoms with van der Waals surface area (Å²) in [6.45, 7) is 7.84. The lowest BCUT2D eigenvalue weighted by molar-refractivity contribution is -0.191. The lowest BCUT2D eigenvalue weighted by atomic mass is 10.2. The zero-order valence-electron chi connectivity index (χ0n) is 16.0. The number of methoxy groups -OCH3 is 1. The summed E-state index contributed by atoms with van der Waals surface area (Å²) in [5, 5.41) is 0. The molecule has 0 aliphatic rings.